The van der Waals surface area contributed by atoms with Gasteiger partial charge in [-0.1, -0.05) is 6.92 Å². The highest BCUT2D eigenvalue weighted by atomic mass is 16.5. The zero-order valence-corrected chi connectivity index (χ0v) is 9.82. The number of hydrogen-bond acceptors (Lipinski definition) is 4. The summed E-state index contributed by atoms with van der Waals surface area (Å²) in [6.45, 7) is 9.03. The molecule has 2 fully saturated rings. The van der Waals surface area contributed by atoms with Crippen molar-refractivity contribution in [2.24, 2.45) is 5.92 Å². The molecule has 0 amide bonds. The summed E-state index contributed by atoms with van der Waals surface area (Å²) in [6, 6.07) is 0. The van der Waals surface area contributed by atoms with Crippen molar-refractivity contribution in [1.29, 1.82) is 0 Å². The Kier molecular flexibility index (Phi) is 3.97. The molecule has 0 aromatic carbocycles. The third-order valence-corrected chi connectivity index (χ3v) is 3.25. The van der Waals surface area contributed by atoms with Gasteiger partial charge >= 0.3 is 0 Å². The fraction of sp³-hybridized carbons (Fsp3) is 1.00. The van der Waals surface area contributed by atoms with E-state index in [1.54, 1.807) is 0 Å². The fourth-order valence-corrected chi connectivity index (χ4v) is 2.46. The molecule has 2 rings (SSSR count). The van der Waals surface area contributed by atoms with E-state index in [-0.39, 0.29) is 0 Å². The lowest BCUT2D eigenvalue weighted by Gasteiger charge is -2.36. The minimum Gasteiger partial charge on any atom is -0.379 e. The fourth-order valence-electron chi connectivity index (χ4n) is 2.46. The quantitative estimate of drug-likeness (QED) is 0.624. The third-order valence-electron chi connectivity index (χ3n) is 3.25. The first-order chi connectivity index (χ1) is 7.27. The van der Waals surface area contributed by atoms with E-state index < -0.39 is 0 Å². The van der Waals surface area contributed by atoms with Gasteiger partial charge in [-0.05, 0) is 7.05 Å². The van der Waals surface area contributed by atoms with Gasteiger partial charge in [-0.3, -0.25) is 4.90 Å². The van der Waals surface area contributed by atoms with Gasteiger partial charge < -0.3 is 14.4 Å². The first-order valence-electron chi connectivity index (χ1n) is 5.89. The van der Waals surface area contributed by atoms with E-state index in [1.807, 2.05) is 0 Å². The summed E-state index contributed by atoms with van der Waals surface area (Å²) in [7, 11) is 2.17. The van der Waals surface area contributed by atoms with Gasteiger partial charge in [0.15, 0.2) is 0 Å². The van der Waals surface area contributed by atoms with Crippen LogP contribution >= 0.6 is 0 Å². The summed E-state index contributed by atoms with van der Waals surface area (Å²) in [5.74, 6) is 0.579. The number of hydrogen-bond donors (Lipinski definition) is 0. The Labute approximate surface area is 92.1 Å². The van der Waals surface area contributed by atoms with Crippen molar-refractivity contribution in [1.82, 2.24) is 9.80 Å². The number of likely N-dealkylation sites (N-methyl/N-ethyl adjacent to an activating group) is 1. The zero-order chi connectivity index (χ0) is 10.7. The summed E-state index contributed by atoms with van der Waals surface area (Å²) in [4.78, 5) is 4.78. The number of nitrogens with zero attached hydrogens (tertiary/aromatic N) is 2. The molecule has 0 N–H and O–H groups in total. The van der Waals surface area contributed by atoms with Crippen LogP contribution in [0.4, 0.5) is 0 Å². The molecule has 0 aromatic rings. The summed E-state index contributed by atoms with van der Waals surface area (Å²) in [6.07, 6.45) is 0.291. The van der Waals surface area contributed by atoms with Crippen molar-refractivity contribution >= 4 is 0 Å². The highest BCUT2D eigenvalue weighted by Gasteiger charge is 2.29. The molecule has 2 atom stereocenters. The first-order valence-corrected chi connectivity index (χ1v) is 5.89. The van der Waals surface area contributed by atoms with E-state index >= 15 is 0 Å². The maximum absolute atomic E-state index is 5.95. The van der Waals surface area contributed by atoms with Crippen molar-refractivity contribution in [3.8, 4) is 0 Å². The lowest BCUT2D eigenvalue weighted by molar-refractivity contribution is -0.110. The molecule has 2 saturated heterocycles. The van der Waals surface area contributed by atoms with Crippen molar-refractivity contribution in [2.75, 3.05) is 53.0 Å². The molecule has 2 unspecified atom stereocenters. The van der Waals surface area contributed by atoms with Crippen LogP contribution in [0.5, 0.6) is 0 Å². The van der Waals surface area contributed by atoms with Gasteiger partial charge in [0.25, 0.3) is 0 Å². The average Bonchev–Trinajstić information content (AvgIpc) is 2.40. The molecule has 2 heterocycles. The van der Waals surface area contributed by atoms with Crippen LogP contribution in [-0.2, 0) is 9.47 Å². The zero-order valence-electron chi connectivity index (χ0n) is 9.82. The second-order valence-electron chi connectivity index (χ2n) is 4.65. The number of rotatable bonds is 1. The van der Waals surface area contributed by atoms with Gasteiger partial charge in [0, 0.05) is 32.1 Å². The van der Waals surface area contributed by atoms with E-state index in [2.05, 4.69) is 23.8 Å². The lowest BCUT2D eigenvalue weighted by atomic mass is 10.1. The Balaban J connectivity index is 1.93. The van der Waals surface area contributed by atoms with Gasteiger partial charge in [-0.15, -0.1) is 0 Å². The largest absolute Gasteiger partial charge is 0.379 e. The molecule has 88 valence electrons. The van der Waals surface area contributed by atoms with Crippen LogP contribution in [0.1, 0.15) is 6.92 Å². The van der Waals surface area contributed by atoms with Crippen molar-refractivity contribution in [3.63, 3.8) is 0 Å². The summed E-state index contributed by atoms with van der Waals surface area (Å²) in [5, 5.41) is 0. The van der Waals surface area contributed by atoms with Crippen LogP contribution in [0.2, 0.25) is 0 Å². The molecule has 0 radical (unpaired) electrons. The second kappa shape index (κ2) is 5.25. The average molecular weight is 214 g/mol. The van der Waals surface area contributed by atoms with E-state index in [0.29, 0.717) is 12.1 Å². The van der Waals surface area contributed by atoms with Crippen LogP contribution in [0, 0.1) is 5.92 Å². The Hall–Kier alpha value is -0.160. The molecule has 4 nitrogen and oxygen atoms in total. The van der Waals surface area contributed by atoms with Crippen LogP contribution in [0.25, 0.3) is 0 Å². The Morgan fingerprint density at radius 2 is 1.80 bits per heavy atom. The topological polar surface area (TPSA) is 24.9 Å². The van der Waals surface area contributed by atoms with Crippen molar-refractivity contribution < 1.29 is 9.47 Å². The number of ether oxygens (including phenoxy) is 2. The van der Waals surface area contributed by atoms with E-state index in [9.17, 15) is 0 Å². The van der Waals surface area contributed by atoms with Gasteiger partial charge in [-0.25, -0.2) is 0 Å². The predicted molar refractivity (Wildman–Crippen MR) is 58.8 cm³/mol. The SMILES string of the molecule is CC1CN(C)CCOC1N1CCOCC1. The standard InChI is InChI=1S/C11H22N2O2/c1-10-9-12(2)3-8-15-11(10)13-4-6-14-7-5-13/h10-11H,3-9H2,1-2H3. The van der Waals surface area contributed by atoms with Gasteiger partial charge in [0.1, 0.15) is 6.23 Å². The van der Waals surface area contributed by atoms with E-state index in [0.717, 1.165) is 46.0 Å². The molecule has 4 heteroatoms. The molecule has 0 saturated carbocycles. The van der Waals surface area contributed by atoms with Crippen LogP contribution in [0.15, 0.2) is 0 Å². The summed E-state index contributed by atoms with van der Waals surface area (Å²) in [5.41, 5.74) is 0. The maximum Gasteiger partial charge on any atom is 0.114 e. The minimum atomic E-state index is 0.291. The van der Waals surface area contributed by atoms with Gasteiger partial charge in [0.2, 0.25) is 0 Å². The van der Waals surface area contributed by atoms with Crippen LogP contribution in [-0.4, -0.2) is 69.1 Å². The Morgan fingerprint density at radius 1 is 1.07 bits per heavy atom. The molecule has 15 heavy (non-hydrogen) atoms. The van der Waals surface area contributed by atoms with Gasteiger partial charge in [0.05, 0.1) is 19.8 Å². The summed E-state index contributed by atoms with van der Waals surface area (Å²) < 4.78 is 11.3. The van der Waals surface area contributed by atoms with Crippen molar-refractivity contribution in [2.45, 2.75) is 13.2 Å². The Bertz CT molecular complexity index is 195. The predicted octanol–water partition coefficient (Wildman–Crippen LogP) is 0.243. The molecular formula is C11H22N2O2. The van der Waals surface area contributed by atoms with E-state index in [4.69, 9.17) is 9.47 Å². The van der Waals surface area contributed by atoms with Crippen molar-refractivity contribution in [3.05, 3.63) is 0 Å². The highest BCUT2D eigenvalue weighted by Crippen LogP contribution is 2.18. The lowest BCUT2D eigenvalue weighted by Crippen LogP contribution is -2.48. The minimum absolute atomic E-state index is 0.291. The summed E-state index contributed by atoms with van der Waals surface area (Å²) >= 11 is 0. The molecule has 0 aromatic heterocycles. The molecule has 2 aliphatic heterocycles. The molecule has 0 bridgehead atoms. The molecule has 0 aliphatic carbocycles. The molecular weight excluding hydrogens is 192 g/mol. The molecule has 2 aliphatic rings. The van der Waals surface area contributed by atoms with Crippen LogP contribution in [0.3, 0.4) is 0 Å². The third kappa shape index (κ3) is 2.91. The highest BCUT2D eigenvalue weighted by molar-refractivity contribution is 4.76. The van der Waals surface area contributed by atoms with Crippen LogP contribution < -0.4 is 0 Å². The van der Waals surface area contributed by atoms with E-state index in [1.165, 1.54) is 0 Å². The second-order valence-corrected chi connectivity index (χ2v) is 4.65. The normalized spacial score (nSPS) is 36.4. The molecule has 0 spiro atoms. The monoisotopic (exact) mass is 214 g/mol. The smallest absolute Gasteiger partial charge is 0.114 e. The first kappa shape index (κ1) is 11.3. The maximum atomic E-state index is 5.95. The number of morpholine rings is 1. The Morgan fingerprint density at radius 3 is 2.53 bits per heavy atom. The van der Waals surface area contributed by atoms with Gasteiger partial charge in [-0.2, -0.15) is 0 Å².